The zero-order valence-corrected chi connectivity index (χ0v) is 16.5. The standard InChI is InChI=1S/C23H19FN4O3/c24-18-9-5-4-8-17(18)20(29)15-28-22(19-14-25-12-13-26-19)27-31-21(23(28)30)11-10-16-6-2-1-3-7-16/h1-9,12-14,21H,10-11,15H2. The Hall–Kier alpha value is -3.94. The number of amidine groups is 1. The maximum absolute atomic E-state index is 14.1. The minimum atomic E-state index is -0.867. The maximum atomic E-state index is 14.1. The average Bonchev–Trinajstić information content (AvgIpc) is 2.81. The zero-order valence-electron chi connectivity index (χ0n) is 16.5. The van der Waals surface area contributed by atoms with Gasteiger partial charge in [0.2, 0.25) is 11.9 Å². The Morgan fingerprint density at radius 1 is 1.06 bits per heavy atom. The summed E-state index contributed by atoms with van der Waals surface area (Å²) < 4.78 is 14.1. The molecule has 0 saturated carbocycles. The molecule has 2 heterocycles. The van der Waals surface area contributed by atoms with Crippen molar-refractivity contribution in [1.82, 2.24) is 14.9 Å². The number of carbonyl (C=O) groups excluding carboxylic acids is 2. The van der Waals surface area contributed by atoms with Gasteiger partial charge in [0.25, 0.3) is 5.91 Å². The molecule has 1 aliphatic heterocycles. The van der Waals surface area contributed by atoms with Gasteiger partial charge in [0.15, 0.2) is 5.78 Å². The van der Waals surface area contributed by atoms with Crippen LogP contribution in [0.4, 0.5) is 4.39 Å². The van der Waals surface area contributed by atoms with Crippen molar-refractivity contribution in [3.8, 4) is 0 Å². The molecule has 156 valence electrons. The van der Waals surface area contributed by atoms with E-state index in [1.807, 2.05) is 30.3 Å². The van der Waals surface area contributed by atoms with E-state index in [0.717, 1.165) is 5.56 Å². The van der Waals surface area contributed by atoms with Crippen molar-refractivity contribution in [2.24, 2.45) is 5.16 Å². The number of oxime groups is 1. The lowest BCUT2D eigenvalue weighted by Gasteiger charge is -2.30. The van der Waals surface area contributed by atoms with E-state index >= 15 is 0 Å². The molecule has 1 aromatic heterocycles. The number of hydrogen-bond acceptors (Lipinski definition) is 6. The van der Waals surface area contributed by atoms with Gasteiger partial charge < -0.3 is 4.84 Å². The summed E-state index contributed by atoms with van der Waals surface area (Å²) in [5.74, 6) is -1.56. The highest BCUT2D eigenvalue weighted by molar-refractivity contribution is 6.12. The highest BCUT2D eigenvalue weighted by Crippen LogP contribution is 2.19. The quantitative estimate of drug-likeness (QED) is 0.551. The second-order valence-electron chi connectivity index (χ2n) is 6.95. The Bertz CT molecular complexity index is 1110. The van der Waals surface area contributed by atoms with Crippen LogP contribution in [-0.2, 0) is 16.1 Å². The van der Waals surface area contributed by atoms with Crippen LogP contribution in [0.25, 0.3) is 0 Å². The summed E-state index contributed by atoms with van der Waals surface area (Å²) in [7, 11) is 0. The number of aromatic nitrogens is 2. The second kappa shape index (κ2) is 9.25. The van der Waals surface area contributed by atoms with Gasteiger partial charge in [0, 0.05) is 18.8 Å². The van der Waals surface area contributed by atoms with Gasteiger partial charge in [-0.1, -0.05) is 47.6 Å². The molecule has 0 N–H and O–H groups in total. The summed E-state index contributed by atoms with van der Waals surface area (Å²) in [5, 5.41) is 4.07. The average molecular weight is 418 g/mol. The van der Waals surface area contributed by atoms with Crippen molar-refractivity contribution in [2.45, 2.75) is 18.9 Å². The largest absolute Gasteiger partial charge is 0.381 e. The number of hydrogen-bond donors (Lipinski definition) is 0. The molecule has 0 aliphatic carbocycles. The summed E-state index contributed by atoms with van der Waals surface area (Å²) in [5.41, 5.74) is 1.23. The van der Waals surface area contributed by atoms with Crippen LogP contribution < -0.4 is 0 Å². The SMILES string of the molecule is O=C(CN1C(=O)C(CCc2ccccc2)ON=C1c1cnccn1)c1ccccc1F. The topological polar surface area (TPSA) is 84.8 Å². The molecule has 3 aromatic rings. The molecule has 31 heavy (non-hydrogen) atoms. The summed E-state index contributed by atoms with van der Waals surface area (Å²) in [6.07, 6.45) is 4.45. The van der Waals surface area contributed by atoms with Crippen LogP contribution in [0, 0.1) is 5.82 Å². The molecule has 8 heteroatoms. The third-order valence-corrected chi connectivity index (χ3v) is 4.87. The summed E-state index contributed by atoms with van der Waals surface area (Å²) in [6, 6.07) is 15.3. The Morgan fingerprint density at radius 2 is 1.84 bits per heavy atom. The van der Waals surface area contributed by atoms with E-state index in [1.165, 1.54) is 41.7 Å². The van der Waals surface area contributed by atoms with E-state index in [-0.39, 0.29) is 23.6 Å². The fourth-order valence-corrected chi connectivity index (χ4v) is 3.27. The number of amides is 1. The number of halogens is 1. The zero-order chi connectivity index (χ0) is 21.6. The number of benzene rings is 2. The third kappa shape index (κ3) is 4.63. The highest BCUT2D eigenvalue weighted by Gasteiger charge is 2.36. The van der Waals surface area contributed by atoms with Crippen molar-refractivity contribution in [2.75, 3.05) is 6.54 Å². The van der Waals surface area contributed by atoms with Crippen LogP contribution >= 0.6 is 0 Å². The van der Waals surface area contributed by atoms with Crippen molar-refractivity contribution in [1.29, 1.82) is 0 Å². The fraction of sp³-hybridized carbons (Fsp3) is 0.174. The smallest absolute Gasteiger partial charge is 0.272 e. The lowest BCUT2D eigenvalue weighted by atomic mass is 10.0. The number of nitrogens with zero attached hydrogens (tertiary/aromatic N) is 4. The van der Waals surface area contributed by atoms with Gasteiger partial charge in [-0.25, -0.2) is 9.37 Å². The minimum absolute atomic E-state index is 0.0683. The van der Waals surface area contributed by atoms with Gasteiger partial charge in [-0.3, -0.25) is 19.5 Å². The molecule has 1 aliphatic rings. The van der Waals surface area contributed by atoms with Crippen molar-refractivity contribution in [3.63, 3.8) is 0 Å². The Labute approximate surface area is 178 Å². The molecular weight excluding hydrogens is 399 g/mol. The first-order valence-electron chi connectivity index (χ1n) is 9.76. The van der Waals surface area contributed by atoms with Gasteiger partial charge in [-0.05, 0) is 24.1 Å². The van der Waals surface area contributed by atoms with Gasteiger partial charge in [-0.2, -0.15) is 0 Å². The molecule has 2 aromatic carbocycles. The lowest BCUT2D eigenvalue weighted by molar-refractivity contribution is -0.143. The van der Waals surface area contributed by atoms with Crippen LogP contribution in [0.2, 0.25) is 0 Å². The fourth-order valence-electron chi connectivity index (χ4n) is 3.27. The van der Waals surface area contributed by atoms with E-state index in [9.17, 15) is 14.0 Å². The van der Waals surface area contributed by atoms with Gasteiger partial charge in [0.05, 0.1) is 18.3 Å². The Morgan fingerprint density at radius 3 is 2.58 bits per heavy atom. The first kappa shape index (κ1) is 20.3. The number of rotatable bonds is 7. The van der Waals surface area contributed by atoms with Crippen molar-refractivity contribution in [3.05, 3.63) is 95.8 Å². The third-order valence-electron chi connectivity index (χ3n) is 4.87. The highest BCUT2D eigenvalue weighted by atomic mass is 19.1. The molecular formula is C23H19FN4O3. The molecule has 1 atom stereocenters. The summed E-state index contributed by atoms with van der Waals surface area (Å²) in [4.78, 5) is 40.8. The number of ketones is 1. The molecule has 0 spiro atoms. The normalized spacial score (nSPS) is 15.9. The molecule has 4 rings (SSSR count). The van der Waals surface area contributed by atoms with E-state index in [2.05, 4.69) is 15.1 Å². The van der Waals surface area contributed by atoms with Gasteiger partial charge in [0.1, 0.15) is 11.5 Å². The monoisotopic (exact) mass is 418 g/mol. The molecule has 1 unspecified atom stereocenters. The van der Waals surface area contributed by atoms with Crippen molar-refractivity contribution >= 4 is 17.5 Å². The van der Waals surface area contributed by atoms with Crippen LogP contribution in [0.5, 0.6) is 0 Å². The number of Topliss-reactive ketones (excluding diaryl/α,β-unsaturated/α-hetero) is 1. The number of carbonyl (C=O) groups is 2. The van der Waals surface area contributed by atoms with Gasteiger partial charge in [-0.15, -0.1) is 0 Å². The summed E-state index contributed by atoms with van der Waals surface area (Å²) in [6.45, 7) is -0.389. The first-order valence-corrected chi connectivity index (χ1v) is 9.76. The second-order valence-corrected chi connectivity index (χ2v) is 6.95. The Balaban J connectivity index is 1.58. The molecule has 0 fully saturated rings. The minimum Gasteiger partial charge on any atom is -0.381 e. The predicted octanol–water partition coefficient (Wildman–Crippen LogP) is 3.02. The number of aryl methyl sites for hydroxylation is 1. The molecule has 7 nitrogen and oxygen atoms in total. The van der Waals surface area contributed by atoms with Crippen LogP contribution in [0.1, 0.15) is 28.0 Å². The molecule has 0 bridgehead atoms. The predicted molar refractivity (Wildman–Crippen MR) is 111 cm³/mol. The maximum Gasteiger partial charge on any atom is 0.272 e. The van der Waals surface area contributed by atoms with E-state index < -0.39 is 23.6 Å². The van der Waals surface area contributed by atoms with E-state index in [0.29, 0.717) is 12.8 Å². The molecule has 0 saturated heterocycles. The molecule has 0 radical (unpaired) electrons. The first-order chi connectivity index (χ1) is 15.1. The lowest BCUT2D eigenvalue weighted by Crippen LogP contribution is -2.50. The van der Waals surface area contributed by atoms with Crippen molar-refractivity contribution < 1.29 is 18.8 Å². The van der Waals surface area contributed by atoms with Crippen LogP contribution in [-0.4, -0.2) is 45.0 Å². The van der Waals surface area contributed by atoms with Crippen LogP contribution in [0.15, 0.2) is 78.3 Å². The summed E-state index contributed by atoms with van der Waals surface area (Å²) >= 11 is 0. The Kier molecular flexibility index (Phi) is 6.07. The van der Waals surface area contributed by atoms with Gasteiger partial charge >= 0.3 is 0 Å². The van der Waals surface area contributed by atoms with E-state index in [1.54, 1.807) is 6.07 Å². The van der Waals surface area contributed by atoms with Crippen LogP contribution in [0.3, 0.4) is 0 Å². The molecule has 1 amide bonds. The van der Waals surface area contributed by atoms with E-state index in [4.69, 9.17) is 4.84 Å².